The summed E-state index contributed by atoms with van der Waals surface area (Å²) >= 11 is 0. The Morgan fingerprint density at radius 1 is 0.511 bits per heavy atom. The zero-order chi connectivity index (χ0) is 32.5. The summed E-state index contributed by atoms with van der Waals surface area (Å²) in [5, 5.41) is 0. The highest BCUT2D eigenvalue weighted by atomic mass is 16.7. The van der Waals surface area contributed by atoms with Crippen molar-refractivity contribution < 1.29 is 9.47 Å². The second-order valence-corrected chi connectivity index (χ2v) is 14.2. The molecule has 1 saturated heterocycles. The van der Waals surface area contributed by atoms with E-state index in [1.165, 1.54) is 161 Å². The van der Waals surface area contributed by atoms with Crippen LogP contribution in [0, 0.1) is 0 Å². The Kier molecular flexibility index (Phi) is 29.7. The predicted octanol–water partition coefficient (Wildman–Crippen LogP) is 13.3. The molecule has 1 fully saturated rings. The zero-order valence-electron chi connectivity index (χ0n) is 31.0. The van der Waals surface area contributed by atoms with Crippen LogP contribution in [0.1, 0.15) is 194 Å². The van der Waals surface area contributed by atoms with E-state index in [0.717, 1.165) is 32.4 Å². The van der Waals surface area contributed by atoms with Gasteiger partial charge in [-0.2, -0.15) is 0 Å². The van der Waals surface area contributed by atoms with Crippen LogP contribution in [0.4, 0.5) is 0 Å². The summed E-state index contributed by atoms with van der Waals surface area (Å²) in [6.07, 6.45) is 51.1. The van der Waals surface area contributed by atoms with Gasteiger partial charge in [0.1, 0.15) is 0 Å². The van der Waals surface area contributed by atoms with Crippen molar-refractivity contribution in [3.05, 3.63) is 36.5 Å². The molecule has 1 rings (SSSR count). The molecule has 3 nitrogen and oxygen atoms in total. The van der Waals surface area contributed by atoms with Crippen LogP contribution >= 0.6 is 0 Å². The Hall–Kier alpha value is -0.900. The summed E-state index contributed by atoms with van der Waals surface area (Å²) in [4.78, 5) is 2.23. The molecule has 0 radical (unpaired) electrons. The van der Waals surface area contributed by atoms with Gasteiger partial charge in [0.15, 0.2) is 5.79 Å². The van der Waals surface area contributed by atoms with Crippen molar-refractivity contribution in [3.8, 4) is 0 Å². The fraction of sp³-hybridized carbons (Fsp3) is 0.857. The average molecular weight is 630 g/mol. The number of allylic oxidation sites excluding steroid dienone is 6. The maximum absolute atomic E-state index is 6.62. The minimum absolute atomic E-state index is 0.221. The number of ether oxygens (including phenoxy) is 2. The summed E-state index contributed by atoms with van der Waals surface area (Å²) in [7, 11) is 4.27. The quantitative estimate of drug-likeness (QED) is 0.0532. The smallest absolute Gasteiger partial charge is 0.168 e. The van der Waals surface area contributed by atoms with Crippen molar-refractivity contribution in [1.29, 1.82) is 0 Å². The number of hydrogen-bond donors (Lipinski definition) is 0. The molecule has 0 spiro atoms. The molecule has 0 aliphatic carbocycles. The van der Waals surface area contributed by atoms with Crippen molar-refractivity contribution >= 4 is 0 Å². The second kappa shape index (κ2) is 31.7. The molecule has 264 valence electrons. The van der Waals surface area contributed by atoms with Gasteiger partial charge >= 0.3 is 0 Å². The number of rotatable bonds is 33. The summed E-state index contributed by atoms with van der Waals surface area (Å²) in [5.41, 5.74) is 0. The highest BCUT2D eigenvalue weighted by Crippen LogP contribution is 2.35. The molecule has 0 bridgehead atoms. The maximum atomic E-state index is 6.62. The van der Waals surface area contributed by atoms with Crippen LogP contribution in [-0.4, -0.2) is 44.0 Å². The fourth-order valence-electron chi connectivity index (χ4n) is 6.53. The summed E-state index contributed by atoms with van der Waals surface area (Å²) in [6.45, 7) is 6.28. The van der Waals surface area contributed by atoms with Crippen LogP contribution in [0.5, 0.6) is 0 Å². The largest absolute Gasteiger partial charge is 0.347 e. The molecule has 0 aromatic heterocycles. The van der Waals surface area contributed by atoms with Crippen molar-refractivity contribution in [2.45, 2.75) is 206 Å². The first-order chi connectivity index (χ1) is 22.1. The van der Waals surface area contributed by atoms with E-state index in [9.17, 15) is 0 Å². The lowest BCUT2D eigenvalue weighted by atomic mass is 9.98. The maximum Gasteiger partial charge on any atom is 0.168 e. The van der Waals surface area contributed by atoms with E-state index in [1.54, 1.807) is 0 Å². The molecule has 0 aromatic rings. The monoisotopic (exact) mass is 630 g/mol. The van der Waals surface area contributed by atoms with Crippen molar-refractivity contribution in [3.63, 3.8) is 0 Å². The van der Waals surface area contributed by atoms with Crippen LogP contribution in [0.25, 0.3) is 0 Å². The van der Waals surface area contributed by atoms with Gasteiger partial charge in [-0.05, 0) is 84.7 Å². The minimum Gasteiger partial charge on any atom is -0.347 e. The topological polar surface area (TPSA) is 21.7 Å². The molecular formula is C42H79NO2. The Labute approximate surface area is 283 Å². The number of likely N-dealkylation sites (N-methyl/N-ethyl adjacent to an activating group) is 1. The van der Waals surface area contributed by atoms with Crippen LogP contribution in [0.3, 0.4) is 0 Å². The number of hydrogen-bond acceptors (Lipinski definition) is 3. The van der Waals surface area contributed by atoms with Crippen molar-refractivity contribution in [2.75, 3.05) is 27.2 Å². The van der Waals surface area contributed by atoms with E-state index in [1.807, 2.05) is 0 Å². The van der Waals surface area contributed by atoms with Gasteiger partial charge in [-0.15, -0.1) is 0 Å². The molecule has 1 aliphatic heterocycles. The molecule has 45 heavy (non-hydrogen) atoms. The Bertz CT molecular complexity index is 699. The van der Waals surface area contributed by atoms with E-state index >= 15 is 0 Å². The van der Waals surface area contributed by atoms with Crippen LogP contribution in [0.15, 0.2) is 36.5 Å². The summed E-state index contributed by atoms with van der Waals surface area (Å²) < 4.78 is 13.1. The van der Waals surface area contributed by atoms with Gasteiger partial charge in [-0.25, -0.2) is 0 Å². The first-order valence-corrected chi connectivity index (χ1v) is 20.0. The van der Waals surface area contributed by atoms with Crippen molar-refractivity contribution in [2.24, 2.45) is 0 Å². The molecule has 1 unspecified atom stereocenters. The number of nitrogens with zero attached hydrogens (tertiary/aromatic N) is 1. The first kappa shape index (κ1) is 42.1. The van der Waals surface area contributed by atoms with Gasteiger partial charge in [0.25, 0.3) is 0 Å². The van der Waals surface area contributed by atoms with E-state index < -0.39 is 0 Å². The van der Waals surface area contributed by atoms with E-state index in [0.29, 0.717) is 0 Å². The van der Waals surface area contributed by atoms with E-state index in [2.05, 4.69) is 69.3 Å². The predicted molar refractivity (Wildman–Crippen MR) is 200 cm³/mol. The Morgan fingerprint density at radius 2 is 0.889 bits per heavy atom. The molecule has 3 heteroatoms. The van der Waals surface area contributed by atoms with Crippen LogP contribution < -0.4 is 0 Å². The van der Waals surface area contributed by atoms with Gasteiger partial charge in [0.05, 0.1) is 12.7 Å². The molecular weight excluding hydrogens is 550 g/mol. The van der Waals surface area contributed by atoms with Gasteiger partial charge < -0.3 is 14.4 Å². The SMILES string of the molecule is CCCCC/C=C\C/C=C\CCCCCCCCC1(CCCCCCCC/C=C\CCCCCCCC)OC[C@H](CN(C)C)O1. The standard InChI is InChI=1S/C42H79NO2/c1-5-7-9-11-13-15-17-19-21-23-25-27-29-31-33-35-37-42(44-40-41(45-42)39-43(3)4)38-36-34-32-30-28-26-24-22-20-18-16-14-12-10-8-6-2/h13,15,19-22,41H,5-12,14,16-18,23-40H2,1-4H3/b15-13-,21-19-,22-20-/t41-,42?/m0/s1. The van der Waals surface area contributed by atoms with E-state index in [4.69, 9.17) is 9.47 Å². The van der Waals surface area contributed by atoms with Crippen LogP contribution in [0.2, 0.25) is 0 Å². The van der Waals surface area contributed by atoms with Crippen molar-refractivity contribution in [1.82, 2.24) is 4.90 Å². The first-order valence-electron chi connectivity index (χ1n) is 20.0. The Balaban J connectivity index is 2.11. The normalized spacial score (nSPS) is 19.0. The number of unbranched alkanes of at least 4 members (excludes halogenated alkanes) is 21. The Morgan fingerprint density at radius 3 is 1.36 bits per heavy atom. The minimum atomic E-state index is -0.323. The summed E-state index contributed by atoms with van der Waals surface area (Å²) in [6, 6.07) is 0. The lowest BCUT2D eigenvalue weighted by molar-refractivity contribution is -0.180. The molecule has 0 N–H and O–H groups in total. The third-order valence-corrected chi connectivity index (χ3v) is 9.31. The summed E-state index contributed by atoms with van der Waals surface area (Å²) in [5.74, 6) is -0.323. The van der Waals surface area contributed by atoms with Gasteiger partial charge in [0.2, 0.25) is 0 Å². The van der Waals surface area contributed by atoms with Gasteiger partial charge in [0, 0.05) is 19.4 Å². The highest BCUT2D eigenvalue weighted by molar-refractivity contribution is 4.92. The van der Waals surface area contributed by atoms with Gasteiger partial charge in [-0.3, -0.25) is 0 Å². The molecule has 0 amide bonds. The van der Waals surface area contributed by atoms with E-state index in [-0.39, 0.29) is 11.9 Å². The zero-order valence-corrected chi connectivity index (χ0v) is 31.0. The molecule has 1 aliphatic rings. The third kappa shape index (κ3) is 26.8. The highest BCUT2D eigenvalue weighted by Gasteiger charge is 2.40. The second-order valence-electron chi connectivity index (χ2n) is 14.2. The fourth-order valence-corrected chi connectivity index (χ4v) is 6.53. The molecule has 2 atom stereocenters. The molecule has 0 aromatic carbocycles. The lowest BCUT2D eigenvalue weighted by Crippen LogP contribution is -2.33. The van der Waals surface area contributed by atoms with Gasteiger partial charge in [-0.1, -0.05) is 147 Å². The lowest BCUT2D eigenvalue weighted by Gasteiger charge is -2.29. The molecule has 0 saturated carbocycles. The average Bonchev–Trinajstić information content (AvgIpc) is 3.42. The molecule has 1 heterocycles. The third-order valence-electron chi connectivity index (χ3n) is 9.31. The van der Waals surface area contributed by atoms with Crippen LogP contribution in [-0.2, 0) is 9.47 Å².